The fourth-order valence-electron chi connectivity index (χ4n) is 1.59. The summed E-state index contributed by atoms with van der Waals surface area (Å²) in [6.07, 6.45) is 0. The quantitative estimate of drug-likeness (QED) is 0.624. The first-order valence-electron chi connectivity index (χ1n) is 5.08. The summed E-state index contributed by atoms with van der Waals surface area (Å²) in [6.45, 7) is 3.13. The molecule has 1 aliphatic rings. The van der Waals surface area contributed by atoms with Gasteiger partial charge in [0.2, 0.25) is 0 Å². The molecule has 0 saturated carbocycles. The summed E-state index contributed by atoms with van der Waals surface area (Å²) in [7, 11) is 0. The van der Waals surface area contributed by atoms with Crippen LogP contribution in [0.3, 0.4) is 0 Å². The molecule has 0 aliphatic carbocycles. The molecule has 6 nitrogen and oxygen atoms in total. The van der Waals surface area contributed by atoms with Crippen molar-refractivity contribution in [1.29, 1.82) is 0 Å². The molecule has 1 heterocycles. The predicted octanol–water partition coefficient (Wildman–Crippen LogP) is 1.93. The molecule has 0 unspecified atom stereocenters. The van der Waals surface area contributed by atoms with Crippen LogP contribution < -0.4 is 10.6 Å². The molecule has 2 rings (SSSR count). The molecule has 0 fully saturated rings. The maximum absolute atomic E-state index is 10.9. The Bertz CT molecular complexity index is 501. The molecule has 1 aromatic carbocycles. The standard InChI is InChI=1S/C10H11ClN4O2/c1-6-4-7(11)9(8(5-6)15(16)17)14-10-12-2-3-13-10/h4-5H,2-3H2,1H3,(H2,12,13,14). The molecule has 2 N–H and O–H groups in total. The molecule has 0 atom stereocenters. The van der Waals surface area contributed by atoms with E-state index in [0.29, 0.717) is 17.5 Å². The van der Waals surface area contributed by atoms with Gasteiger partial charge in [-0.2, -0.15) is 0 Å². The van der Waals surface area contributed by atoms with Gasteiger partial charge in [-0.25, -0.2) is 0 Å². The third-order valence-electron chi connectivity index (χ3n) is 2.33. The van der Waals surface area contributed by atoms with Crippen LogP contribution in [-0.2, 0) is 0 Å². The van der Waals surface area contributed by atoms with Gasteiger partial charge in [-0.1, -0.05) is 11.6 Å². The van der Waals surface area contributed by atoms with Gasteiger partial charge in [-0.3, -0.25) is 15.1 Å². The van der Waals surface area contributed by atoms with Gasteiger partial charge >= 0.3 is 0 Å². The van der Waals surface area contributed by atoms with Crippen LogP contribution in [-0.4, -0.2) is 24.0 Å². The van der Waals surface area contributed by atoms with Gasteiger partial charge in [0.1, 0.15) is 5.69 Å². The van der Waals surface area contributed by atoms with E-state index in [1.165, 1.54) is 6.07 Å². The zero-order valence-electron chi connectivity index (χ0n) is 9.16. The van der Waals surface area contributed by atoms with Crippen molar-refractivity contribution in [2.75, 3.05) is 18.4 Å². The summed E-state index contributed by atoms with van der Waals surface area (Å²) in [5.41, 5.74) is 0.968. The van der Waals surface area contributed by atoms with E-state index in [-0.39, 0.29) is 11.4 Å². The Labute approximate surface area is 103 Å². The van der Waals surface area contributed by atoms with Crippen LogP contribution in [0.15, 0.2) is 17.1 Å². The van der Waals surface area contributed by atoms with Gasteiger partial charge in [-0.15, -0.1) is 0 Å². The van der Waals surface area contributed by atoms with Crippen LogP contribution in [0.4, 0.5) is 11.4 Å². The lowest BCUT2D eigenvalue weighted by molar-refractivity contribution is -0.383. The number of hydrogen-bond donors (Lipinski definition) is 2. The fraction of sp³-hybridized carbons (Fsp3) is 0.300. The highest BCUT2D eigenvalue weighted by Crippen LogP contribution is 2.33. The van der Waals surface area contributed by atoms with Gasteiger partial charge in [-0.05, 0) is 18.6 Å². The van der Waals surface area contributed by atoms with E-state index in [2.05, 4.69) is 15.6 Å². The van der Waals surface area contributed by atoms with Gasteiger partial charge in [0.05, 0.1) is 16.5 Å². The molecule has 0 amide bonds. The molecule has 0 aromatic heterocycles. The third kappa shape index (κ3) is 2.47. The van der Waals surface area contributed by atoms with E-state index < -0.39 is 4.92 Å². The molecule has 1 aliphatic heterocycles. The van der Waals surface area contributed by atoms with Crippen molar-refractivity contribution >= 4 is 28.9 Å². The minimum atomic E-state index is -0.462. The first kappa shape index (κ1) is 11.7. The van der Waals surface area contributed by atoms with E-state index in [0.717, 1.165) is 12.1 Å². The van der Waals surface area contributed by atoms with E-state index in [1.54, 1.807) is 13.0 Å². The topological polar surface area (TPSA) is 79.6 Å². The van der Waals surface area contributed by atoms with Gasteiger partial charge in [0, 0.05) is 12.6 Å². The summed E-state index contributed by atoms with van der Waals surface area (Å²) in [5.74, 6) is 0.513. The van der Waals surface area contributed by atoms with Crippen molar-refractivity contribution in [3.8, 4) is 0 Å². The number of nitrogens with zero attached hydrogens (tertiary/aromatic N) is 2. The van der Waals surface area contributed by atoms with Crippen molar-refractivity contribution in [3.63, 3.8) is 0 Å². The second kappa shape index (κ2) is 4.58. The second-order valence-corrected chi connectivity index (χ2v) is 4.09. The minimum Gasteiger partial charge on any atom is -0.354 e. The number of aliphatic imine (C=N–C) groups is 1. The highest BCUT2D eigenvalue weighted by atomic mass is 35.5. The van der Waals surface area contributed by atoms with Crippen LogP contribution in [0, 0.1) is 17.0 Å². The number of anilines is 1. The van der Waals surface area contributed by atoms with E-state index >= 15 is 0 Å². The first-order chi connectivity index (χ1) is 8.08. The lowest BCUT2D eigenvalue weighted by Crippen LogP contribution is -2.26. The molecule has 17 heavy (non-hydrogen) atoms. The second-order valence-electron chi connectivity index (χ2n) is 3.68. The first-order valence-corrected chi connectivity index (χ1v) is 5.45. The molecule has 0 spiro atoms. The van der Waals surface area contributed by atoms with Crippen LogP contribution in [0.25, 0.3) is 0 Å². The van der Waals surface area contributed by atoms with Gasteiger partial charge < -0.3 is 10.6 Å². The highest BCUT2D eigenvalue weighted by Gasteiger charge is 2.20. The van der Waals surface area contributed by atoms with E-state index in [9.17, 15) is 10.1 Å². The van der Waals surface area contributed by atoms with Crippen LogP contribution in [0.2, 0.25) is 5.02 Å². The monoisotopic (exact) mass is 254 g/mol. The Kier molecular flexibility index (Phi) is 3.14. The summed E-state index contributed by atoms with van der Waals surface area (Å²) < 4.78 is 0. The van der Waals surface area contributed by atoms with Crippen LogP contribution in [0.1, 0.15) is 5.56 Å². The Morgan fingerprint density at radius 1 is 1.59 bits per heavy atom. The lowest BCUT2D eigenvalue weighted by atomic mass is 10.2. The summed E-state index contributed by atoms with van der Waals surface area (Å²) in [5, 5.41) is 17.1. The van der Waals surface area contributed by atoms with Crippen molar-refractivity contribution in [2.45, 2.75) is 6.92 Å². The zero-order chi connectivity index (χ0) is 12.4. The number of nitrogens with one attached hydrogen (secondary N) is 2. The number of guanidine groups is 1. The van der Waals surface area contributed by atoms with Gasteiger partial charge in [0.15, 0.2) is 5.96 Å². The molecular formula is C10H11ClN4O2. The molecular weight excluding hydrogens is 244 g/mol. The average molecular weight is 255 g/mol. The normalized spacial score (nSPS) is 14.1. The zero-order valence-corrected chi connectivity index (χ0v) is 9.91. The number of hydrogen-bond acceptors (Lipinski definition) is 5. The molecule has 0 bridgehead atoms. The van der Waals surface area contributed by atoms with Crippen molar-refractivity contribution in [2.24, 2.45) is 4.99 Å². The van der Waals surface area contributed by atoms with Crippen LogP contribution in [0.5, 0.6) is 0 Å². The largest absolute Gasteiger partial charge is 0.354 e. The number of halogens is 1. The number of benzene rings is 1. The average Bonchev–Trinajstić information content (AvgIpc) is 2.74. The Balaban J connectivity index is 2.40. The number of aryl methyl sites for hydroxylation is 1. The Morgan fingerprint density at radius 3 is 2.94 bits per heavy atom. The number of nitro benzene ring substituents is 1. The fourth-order valence-corrected chi connectivity index (χ4v) is 1.91. The maximum Gasteiger partial charge on any atom is 0.294 e. The molecule has 0 radical (unpaired) electrons. The molecule has 0 saturated heterocycles. The smallest absolute Gasteiger partial charge is 0.294 e. The lowest BCUT2D eigenvalue weighted by Gasteiger charge is -2.09. The van der Waals surface area contributed by atoms with E-state index in [1.807, 2.05) is 0 Å². The molecule has 90 valence electrons. The number of nitro groups is 1. The van der Waals surface area contributed by atoms with Crippen molar-refractivity contribution in [3.05, 3.63) is 32.8 Å². The summed E-state index contributed by atoms with van der Waals surface area (Å²) >= 11 is 6.01. The minimum absolute atomic E-state index is 0.0496. The molecule has 7 heteroatoms. The van der Waals surface area contributed by atoms with E-state index in [4.69, 9.17) is 11.6 Å². The highest BCUT2D eigenvalue weighted by molar-refractivity contribution is 6.34. The Hall–Kier alpha value is -1.82. The van der Waals surface area contributed by atoms with Gasteiger partial charge in [0.25, 0.3) is 5.69 Å². The predicted molar refractivity (Wildman–Crippen MR) is 66.8 cm³/mol. The van der Waals surface area contributed by atoms with Crippen LogP contribution >= 0.6 is 11.6 Å². The molecule has 1 aromatic rings. The SMILES string of the molecule is Cc1cc(Cl)c(NC2=NCCN2)c([N+](=O)[O-])c1. The summed E-state index contributed by atoms with van der Waals surface area (Å²) in [4.78, 5) is 14.6. The Morgan fingerprint density at radius 2 is 2.35 bits per heavy atom. The summed E-state index contributed by atoms with van der Waals surface area (Å²) in [6, 6.07) is 3.15. The maximum atomic E-state index is 10.9. The van der Waals surface area contributed by atoms with Crippen molar-refractivity contribution in [1.82, 2.24) is 5.32 Å². The number of rotatable bonds is 2. The van der Waals surface area contributed by atoms with Crippen molar-refractivity contribution < 1.29 is 4.92 Å². The third-order valence-corrected chi connectivity index (χ3v) is 2.63.